The summed E-state index contributed by atoms with van der Waals surface area (Å²) in [7, 11) is -2.71. The average Bonchev–Trinajstić information content (AvgIpc) is 2.93. The summed E-state index contributed by atoms with van der Waals surface area (Å²) < 4.78 is 34.0. The van der Waals surface area contributed by atoms with Gasteiger partial charge in [0.05, 0.1) is 17.7 Å². The largest absolute Gasteiger partial charge is 0.497 e. The minimum atomic E-state index is -4.20. The van der Waals surface area contributed by atoms with Crippen LogP contribution in [0.5, 0.6) is 5.75 Å². The minimum Gasteiger partial charge on any atom is -0.497 e. The zero-order valence-corrected chi connectivity index (χ0v) is 25.0. The quantitative estimate of drug-likeness (QED) is 0.321. The van der Waals surface area contributed by atoms with E-state index in [0.29, 0.717) is 17.3 Å². The van der Waals surface area contributed by atoms with E-state index in [4.69, 9.17) is 16.3 Å². The van der Waals surface area contributed by atoms with Crippen molar-refractivity contribution in [1.82, 2.24) is 10.2 Å². The van der Waals surface area contributed by atoms with Crippen LogP contribution >= 0.6 is 11.6 Å². The SMILES string of the molecule is COc1ccc(S(=O)(=O)N(CC(=O)N(Cc2ccccc2C)[C@H](C)C(=O)NCC(C)C)c2cccc(Cl)c2)cc1. The molecule has 214 valence electrons. The van der Waals surface area contributed by atoms with Crippen molar-refractivity contribution in [3.8, 4) is 5.75 Å². The second-order valence-electron chi connectivity index (χ2n) is 9.93. The molecule has 2 amide bonds. The number of ether oxygens (including phenoxy) is 1. The molecule has 0 aromatic heterocycles. The van der Waals surface area contributed by atoms with Gasteiger partial charge in [0.25, 0.3) is 10.0 Å². The van der Waals surface area contributed by atoms with E-state index in [1.54, 1.807) is 25.1 Å². The maximum atomic E-state index is 14.0. The molecule has 3 rings (SSSR count). The van der Waals surface area contributed by atoms with Crippen LogP contribution in [0.3, 0.4) is 0 Å². The highest BCUT2D eigenvalue weighted by atomic mass is 35.5. The Morgan fingerprint density at radius 3 is 2.25 bits per heavy atom. The summed E-state index contributed by atoms with van der Waals surface area (Å²) >= 11 is 6.21. The summed E-state index contributed by atoms with van der Waals surface area (Å²) in [6.45, 7) is 7.58. The maximum absolute atomic E-state index is 14.0. The topological polar surface area (TPSA) is 96.0 Å². The number of sulfonamides is 1. The van der Waals surface area contributed by atoms with Gasteiger partial charge in [-0.2, -0.15) is 0 Å². The summed E-state index contributed by atoms with van der Waals surface area (Å²) in [5.74, 6) is -0.130. The van der Waals surface area contributed by atoms with E-state index in [1.807, 2.05) is 45.0 Å². The van der Waals surface area contributed by atoms with Crippen LogP contribution in [0.15, 0.2) is 77.7 Å². The monoisotopic (exact) mass is 585 g/mol. The molecule has 0 saturated heterocycles. The van der Waals surface area contributed by atoms with E-state index in [9.17, 15) is 18.0 Å². The molecule has 10 heteroatoms. The fourth-order valence-corrected chi connectivity index (χ4v) is 5.63. The van der Waals surface area contributed by atoms with E-state index in [1.165, 1.54) is 42.3 Å². The lowest BCUT2D eigenvalue weighted by molar-refractivity contribution is -0.139. The predicted molar refractivity (Wildman–Crippen MR) is 158 cm³/mol. The molecule has 0 spiro atoms. The van der Waals surface area contributed by atoms with Crippen molar-refractivity contribution in [2.75, 3.05) is 24.5 Å². The molecule has 0 heterocycles. The smallest absolute Gasteiger partial charge is 0.264 e. The number of carbonyl (C=O) groups is 2. The maximum Gasteiger partial charge on any atom is 0.264 e. The molecular formula is C30H36ClN3O5S. The number of hydrogen-bond acceptors (Lipinski definition) is 5. The molecular weight excluding hydrogens is 550 g/mol. The molecule has 0 radical (unpaired) electrons. The molecule has 3 aromatic rings. The third kappa shape index (κ3) is 7.76. The van der Waals surface area contributed by atoms with Crippen LogP contribution in [0.2, 0.25) is 5.02 Å². The number of nitrogens with one attached hydrogen (secondary N) is 1. The van der Waals surface area contributed by atoms with Crippen molar-refractivity contribution < 1.29 is 22.7 Å². The van der Waals surface area contributed by atoms with Gasteiger partial charge >= 0.3 is 0 Å². The van der Waals surface area contributed by atoms with E-state index in [0.717, 1.165) is 15.4 Å². The number of aryl methyl sites for hydroxylation is 1. The van der Waals surface area contributed by atoms with Crippen LogP contribution < -0.4 is 14.4 Å². The van der Waals surface area contributed by atoms with Gasteiger partial charge in [0, 0.05) is 18.1 Å². The summed E-state index contributed by atoms with van der Waals surface area (Å²) in [5, 5.41) is 3.20. The van der Waals surface area contributed by atoms with Crippen LogP contribution in [-0.2, 0) is 26.2 Å². The number of amides is 2. The Labute approximate surface area is 241 Å². The zero-order chi connectivity index (χ0) is 29.4. The highest BCUT2D eigenvalue weighted by Crippen LogP contribution is 2.28. The molecule has 0 aliphatic heterocycles. The first kappa shape index (κ1) is 31.0. The van der Waals surface area contributed by atoms with Crippen molar-refractivity contribution in [2.45, 2.75) is 45.2 Å². The Balaban J connectivity index is 2.03. The van der Waals surface area contributed by atoms with Gasteiger partial charge in [-0.05, 0) is 73.4 Å². The fourth-order valence-electron chi connectivity index (χ4n) is 4.04. The molecule has 0 aliphatic rings. The van der Waals surface area contributed by atoms with Gasteiger partial charge in [0.15, 0.2) is 0 Å². The van der Waals surface area contributed by atoms with Crippen molar-refractivity contribution in [2.24, 2.45) is 5.92 Å². The third-order valence-electron chi connectivity index (χ3n) is 6.48. The number of hydrogen-bond donors (Lipinski definition) is 1. The fraction of sp³-hybridized carbons (Fsp3) is 0.333. The Kier molecular flexibility index (Phi) is 10.6. The first-order chi connectivity index (χ1) is 18.9. The third-order valence-corrected chi connectivity index (χ3v) is 8.50. The van der Waals surface area contributed by atoms with Crippen LogP contribution in [0, 0.1) is 12.8 Å². The molecule has 3 aromatic carbocycles. The predicted octanol–water partition coefficient (Wildman–Crippen LogP) is 5.04. The summed E-state index contributed by atoms with van der Waals surface area (Å²) in [6, 6.07) is 18.9. The van der Waals surface area contributed by atoms with Crippen molar-refractivity contribution >= 4 is 39.1 Å². The van der Waals surface area contributed by atoms with Gasteiger partial charge in [0.2, 0.25) is 11.8 Å². The molecule has 0 aliphatic carbocycles. The molecule has 1 N–H and O–H groups in total. The number of halogens is 1. The molecule has 8 nitrogen and oxygen atoms in total. The Morgan fingerprint density at radius 2 is 1.65 bits per heavy atom. The van der Waals surface area contributed by atoms with Crippen LogP contribution in [-0.4, -0.2) is 51.4 Å². The first-order valence-corrected chi connectivity index (χ1v) is 14.8. The lowest BCUT2D eigenvalue weighted by atomic mass is 10.1. The number of rotatable bonds is 12. The molecule has 0 fully saturated rings. The zero-order valence-electron chi connectivity index (χ0n) is 23.4. The second-order valence-corrected chi connectivity index (χ2v) is 12.2. The number of methoxy groups -OCH3 is 1. The number of nitrogens with zero attached hydrogens (tertiary/aromatic N) is 2. The summed E-state index contributed by atoms with van der Waals surface area (Å²) in [4.78, 5) is 28.5. The minimum absolute atomic E-state index is 0.0192. The lowest BCUT2D eigenvalue weighted by Crippen LogP contribution is -2.51. The molecule has 1 atom stereocenters. The van der Waals surface area contributed by atoms with Crippen molar-refractivity contribution in [3.63, 3.8) is 0 Å². The molecule has 0 saturated carbocycles. The van der Waals surface area contributed by atoms with Gasteiger partial charge in [-0.25, -0.2) is 8.42 Å². The normalized spacial score (nSPS) is 12.1. The lowest BCUT2D eigenvalue weighted by Gasteiger charge is -2.32. The van der Waals surface area contributed by atoms with E-state index in [-0.39, 0.29) is 29.0 Å². The Bertz CT molecular complexity index is 1430. The summed E-state index contributed by atoms with van der Waals surface area (Å²) in [5.41, 5.74) is 2.03. The Hall–Kier alpha value is -3.56. The van der Waals surface area contributed by atoms with E-state index in [2.05, 4.69) is 5.32 Å². The van der Waals surface area contributed by atoms with E-state index < -0.39 is 28.5 Å². The number of benzene rings is 3. The highest BCUT2D eigenvalue weighted by Gasteiger charge is 2.33. The van der Waals surface area contributed by atoms with Gasteiger partial charge < -0.3 is 15.0 Å². The second kappa shape index (κ2) is 13.7. The Morgan fingerprint density at radius 1 is 0.975 bits per heavy atom. The molecule has 0 unspecified atom stereocenters. The van der Waals surface area contributed by atoms with Gasteiger partial charge in [-0.3, -0.25) is 13.9 Å². The van der Waals surface area contributed by atoms with Crippen molar-refractivity contribution in [3.05, 3.63) is 88.9 Å². The number of carbonyl (C=O) groups excluding carboxylic acids is 2. The standard InChI is InChI=1S/C30H36ClN3O5S/c1-21(2)18-32-30(36)23(4)33(19-24-10-7-6-9-22(24)3)29(35)20-34(26-12-8-11-25(31)17-26)40(37,38)28-15-13-27(39-5)14-16-28/h6-17,21,23H,18-20H2,1-5H3,(H,32,36)/t23-/m1/s1. The molecule has 40 heavy (non-hydrogen) atoms. The van der Waals surface area contributed by atoms with Crippen LogP contribution in [0.25, 0.3) is 0 Å². The van der Waals surface area contributed by atoms with Crippen molar-refractivity contribution in [1.29, 1.82) is 0 Å². The van der Waals surface area contributed by atoms with Gasteiger partial charge in [-0.15, -0.1) is 0 Å². The summed E-state index contributed by atoms with van der Waals surface area (Å²) in [6.07, 6.45) is 0. The van der Waals surface area contributed by atoms with E-state index >= 15 is 0 Å². The number of anilines is 1. The average molecular weight is 586 g/mol. The first-order valence-electron chi connectivity index (χ1n) is 13.0. The van der Waals surface area contributed by atoms with Crippen LogP contribution in [0.1, 0.15) is 31.9 Å². The van der Waals surface area contributed by atoms with Gasteiger partial charge in [0.1, 0.15) is 18.3 Å². The highest BCUT2D eigenvalue weighted by molar-refractivity contribution is 7.92. The van der Waals surface area contributed by atoms with Gasteiger partial charge in [-0.1, -0.05) is 55.8 Å². The van der Waals surface area contributed by atoms with Crippen LogP contribution in [0.4, 0.5) is 5.69 Å². The molecule has 0 bridgehead atoms.